The second kappa shape index (κ2) is 6.12. The van der Waals surface area contributed by atoms with Gasteiger partial charge < -0.3 is 15.2 Å². The number of hydrogen-bond donors (Lipinski definition) is 1. The molecule has 19 heavy (non-hydrogen) atoms. The van der Waals surface area contributed by atoms with E-state index in [1.807, 2.05) is 19.1 Å². The van der Waals surface area contributed by atoms with Crippen LogP contribution in [0.1, 0.15) is 11.1 Å². The smallest absolute Gasteiger partial charge is 0.203 e. The van der Waals surface area contributed by atoms with Gasteiger partial charge in [0.2, 0.25) is 5.13 Å². The molecule has 0 saturated heterocycles. The van der Waals surface area contributed by atoms with Gasteiger partial charge in [0.15, 0.2) is 15.8 Å². The molecule has 1 heterocycles. The van der Waals surface area contributed by atoms with E-state index in [1.54, 1.807) is 26.0 Å². The minimum atomic E-state index is 0.492. The maximum atomic E-state index is 5.56. The second-order valence-electron chi connectivity index (χ2n) is 3.83. The number of nitrogens with two attached hydrogens (primary N) is 1. The highest BCUT2D eigenvalue weighted by molar-refractivity contribution is 8.00. The van der Waals surface area contributed by atoms with Gasteiger partial charge in [0.25, 0.3) is 0 Å². The minimum Gasteiger partial charge on any atom is -0.493 e. The van der Waals surface area contributed by atoms with E-state index in [0.29, 0.717) is 5.13 Å². The van der Waals surface area contributed by atoms with Crippen molar-refractivity contribution in [2.75, 3.05) is 20.0 Å². The van der Waals surface area contributed by atoms with E-state index in [9.17, 15) is 0 Å². The van der Waals surface area contributed by atoms with Crippen molar-refractivity contribution in [2.45, 2.75) is 17.0 Å². The van der Waals surface area contributed by atoms with E-state index < -0.39 is 0 Å². The Morgan fingerprint density at radius 2 is 1.89 bits per heavy atom. The fourth-order valence-corrected chi connectivity index (χ4v) is 3.30. The van der Waals surface area contributed by atoms with Gasteiger partial charge in [-0.1, -0.05) is 23.1 Å². The summed E-state index contributed by atoms with van der Waals surface area (Å²) in [5.74, 6) is 2.27. The highest BCUT2D eigenvalue weighted by Gasteiger charge is 2.10. The molecule has 5 nitrogen and oxygen atoms in total. The summed E-state index contributed by atoms with van der Waals surface area (Å²) in [7, 11) is 3.27. The van der Waals surface area contributed by atoms with Crippen LogP contribution < -0.4 is 15.2 Å². The summed E-state index contributed by atoms with van der Waals surface area (Å²) >= 11 is 3.00. The van der Waals surface area contributed by atoms with Gasteiger partial charge in [-0.25, -0.2) is 0 Å². The molecule has 2 N–H and O–H groups in total. The summed E-state index contributed by atoms with van der Waals surface area (Å²) < 4.78 is 11.4. The molecular weight excluding hydrogens is 282 g/mol. The number of nitrogens with zero attached hydrogens (tertiary/aromatic N) is 2. The van der Waals surface area contributed by atoms with Crippen molar-refractivity contribution in [2.24, 2.45) is 0 Å². The van der Waals surface area contributed by atoms with Crippen LogP contribution in [0.2, 0.25) is 0 Å². The molecule has 0 bridgehead atoms. The van der Waals surface area contributed by atoms with E-state index in [0.717, 1.165) is 27.2 Å². The Balaban J connectivity index is 2.15. The lowest BCUT2D eigenvalue weighted by Crippen LogP contribution is -1.95. The van der Waals surface area contributed by atoms with Gasteiger partial charge >= 0.3 is 0 Å². The van der Waals surface area contributed by atoms with Crippen molar-refractivity contribution >= 4 is 28.2 Å². The normalized spacial score (nSPS) is 10.5. The molecule has 0 saturated carbocycles. The highest BCUT2D eigenvalue weighted by atomic mass is 32.2. The van der Waals surface area contributed by atoms with Crippen LogP contribution in [0.25, 0.3) is 0 Å². The van der Waals surface area contributed by atoms with E-state index in [-0.39, 0.29) is 0 Å². The quantitative estimate of drug-likeness (QED) is 0.856. The largest absolute Gasteiger partial charge is 0.493 e. The highest BCUT2D eigenvalue weighted by Crippen LogP contribution is 2.34. The molecule has 2 aromatic rings. The summed E-state index contributed by atoms with van der Waals surface area (Å²) in [5.41, 5.74) is 7.89. The van der Waals surface area contributed by atoms with Gasteiger partial charge in [-0.15, -0.1) is 10.2 Å². The Bertz CT molecular complexity index is 572. The first-order valence-electron chi connectivity index (χ1n) is 5.57. The molecule has 0 amide bonds. The molecular formula is C12H15N3O2S2. The zero-order valence-electron chi connectivity index (χ0n) is 11.0. The van der Waals surface area contributed by atoms with Crippen molar-refractivity contribution in [1.29, 1.82) is 0 Å². The van der Waals surface area contributed by atoms with Gasteiger partial charge in [-0.05, 0) is 30.2 Å². The van der Waals surface area contributed by atoms with E-state index in [4.69, 9.17) is 15.2 Å². The standard InChI is InChI=1S/C12H15N3O2S2/c1-7-4-9(16-2)10(17-3)5-8(7)6-18-12-15-14-11(13)19-12/h4-5H,6H2,1-3H3,(H2,13,14). The van der Waals surface area contributed by atoms with Crippen molar-refractivity contribution in [3.63, 3.8) is 0 Å². The van der Waals surface area contributed by atoms with Crippen molar-refractivity contribution in [1.82, 2.24) is 10.2 Å². The number of thioether (sulfide) groups is 1. The number of methoxy groups -OCH3 is 2. The van der Waals surface area contributed by atoms with Crippen molar-refractivity contribution in [3.8, 4) is 11.5 Å². The molecule has 0 fully saturated rings. The van der Waals surface area contributed by atoms with Gasteiger partial charge in [0.05, 0.1) is 14.2 Å². The summed E-state index contributed by atoms with van der Waals surface area (Å²) in [4.78, 5) is 0. The predicted molar refractivity (Wildman–Crippen MR) is 78.2 cm³/mol. The summed E-state index contributed by atoms with van der Waals surface area (Å²) in [5, 5.41) is 8.27. The number of aryl methyl sites for hydroxylation is 1. The van der Waals surface area contributed by atoms with Crippen molar-refractivity contribution < 1.29 is 9.47 Å². The molecule has 1 aromatic heterocycles. The Morgan fingerprint density at radius 3 is 2.47 bits per heavy atom. The molecule has 7 heteroatoms. The lowest BCUT2D eigenvalue weighted by Gasteiger charge is -2.12. The monoisotopic (exact) mass is 297 g/mol. The van der Waals surface area contributed by atoms with Crippen LogP contribution in [-0.4, -0.2) is 24.4 Å². The van der Waals surface area contributed by atoms with Crippen LogP contribution >= 0.6 is 23.1 Å². The predicted octanol–water partition coefficient (Wildman–Crippen LogP) is 2.74. The number of ether oxygens (including phenoxy) is 2. The fourth-order valence-electron chi connectivity index (χ4n) is 1.60. The van der Waals surface area contributed by atoms with E-state index in [1.165, 1.54) is 16.9 Å². The van der Waals surface area contributed by atoms with Crippen LogP contribution in [0.4, 0.5) is 5.13 Å². The summed E-state index contributed by atoms with van der Waals surface area (Å²) in [6.45, 7) is 2.05. The summed E-state index contributed by atoms with van der Waals surface area (Å²) in [6.07, 6.45) is 0. The van der Waals surface area contributed by atoms with Gasteiger partial charge in [-0.2, -0.15) is 0 Å². The Kier molecular flexibility index (Phi) is 4.49. The van der Waals surface area contributed by atoms with Gasteiger partial charge in [-0.3, -0.25) is 0 Å². The zero-order valence-corrected chi connectivity index (χ0v) is 12.6. The van der Waals surface area contributed by atoms with Crippen molar-refractivity contribution in [3.05, 3.63) is 23.3 Å². The molecule has 1 aromatic carbocycles. The molecule has 0 aliphatic rings. The SMILES string of the molecule is COc1cc(C)c(CSc2nnc(N)s2)cc1OC. The Labute approximate surface area is 120 Å². The lowest BCUT2D eigenvalue weighted by molar-refractivity contribution is 0.354. The Morgan fingerprint density at radius 1 is 1.21 bits per heavy atom. The minimum absolute atomic E-state index is 0.492. The number of rotatable bonds is 5. The number of aromatic nitrogens is 2. The van der Waals surface area contributed by atoms with E-state index >= 15 is 0 Å². The third-order valence-corrected chi connectivity index (χ3v) is 4.55. The molecule has 0 unspecified atom stereocenters. The third kappa shape index (κ3) is 3.30. The zero-order chi connectivity index (χ0) is 13.8. The molecule has 102 valence electrons. The maximum absolute atomic E-state index is 5.56. The van der Waals surface area contributed by atoms with Crippen LogP contribution in [0, 0.1) is 6.92 Å². The third-order valence-electron chi connectivity index (χ3n) is 2.62. The molecule has 0 aliphatic heterocycles. The molecule has 0 atom stereocenters. The van der Waals surface area contributed by atoms with Crippen LogP contribution in [0.5, 0.6) is 11.5 Å². The van der Waals surface area contributed by atoms with Gasteiger partial charge in [0.1, 0.15) is 0 Å². The number of benzene rings is 1. The topological polar surface area (TPSA) is 70.3 Å². The average molecular weight is 297 g/mol. The molecule has 0 spiro atoms. The first-order chi connectivity index (χ1) is 9.13. The molecule has 2 rings (SSSR count). The van der Waals surface area contributed by atoms with Crippen LogP contribution in [0.15, 0.2) is 16.5 Å². The Hall–Kier alpha value is -1.47. The first kappa shape index (κ1) is 14.0. The van der Waals surface area contributed by atoms with Gasteiger partial charge in [0, 0.05) is 5.75 Å². The molecule has 0 radical (unpaired) electrons. The lowest BCUT2D eigenvalue weighted by atomic mass is 10.1. The summed E-state index contributed by atoms with van der Waals surface area (Å²) in [6, 6.07) is 3.97. The second-order valence-corrected chi connectivity index (χ2v) is 6.06. The van der Waals surface area contributed by atoms with Crippen LogP contribution in [0.3, 0.4) is 0 Å². The number of hydrogen-bond acceptors (Lipinski definition) is 7. The molecule has 0 aliphatic carbocycles. The van der Waals surface area contributed by atoms with E-state index in [2.05, 4.69) is 10.2 Å². The first-order valence-corrected chi connectivity index (χ1v) is 7.37. The number of nitrogen functional groups attached to an aromatic ring is 1. The average Bonchev–Trinajstić information content (AvgIpc) is 2.82. The fraction of sp³-hybridized carbons (Fsp3) is 0.333. The van der Waals surface area contributed by atoms with Crippen LogP contribution in [-0.2, 0) is 5.75 Å². The maximum Gasteiger partial charge on any atom is 0.203 e. The number of anilines is 1.